The number of rotatable bonds is 5. The van der Waals surface area contributed by atoms with E-state index in [0.29, 0.717) is 11.9 Å². The predicted octanol–water partition coefficient (Wildman–Crippen LogP) is 4.41. The molecule has 0 heterocycles. The number of aliphatic imine (C=N–C) groups is 1. The quantitative estimate of drug-likeness (QED) is 0.399. The summed E-state index contributed by atoms with van der Waals surface area (Å²) in [5.41, 5.74) is 6.82. The van der Waals surface area contributed by atoms with Crippen LogP contribution in [0.15, 0.2) is 23.2 Å². The van der Waals surface area contributed by atoms with Crippen LogP contribution in [0.4, 0.5) is 5.69 Å². The van der Waals surface area contributed by atoms with Gasteiger partial charge in [-0.1, -0.05) is 32.1 Å². The summed E-state index contributed by atoms with van der Waals surface area (Å²) in [7, 11) is 3.27. The van der Waals surface area contributed by atoms with E-state index < -0.39 is 0 Å². The van der Waals surface area contributed by atoms with Gasteiger partial charge in [-0.3, -0.25) is 4.99 Å². The molecule has 0 spiro atoms. The molecule has 0 amide bonds. The second-order valence-corrected chi connectivity index (χ2v) is 6.13. The van der Waals surface area contributed by atoms with Crippen molar-refractivity contribution in [3.8, 4) is 11.5 Å². The molecule has 24 heavy (non-hydrogen) atoms. The van der Waals surface area contributed by atoms with E-state index >= 15 is 0 Å². The van der Waals surface area contributed by atoms with E-state index in [2.05, 4.69) is 10.3 Å². The van der Waals surface area contributed by atoms with Crippen LogP contribution in [-0.4, -0.2) is 26.7 Å². The van der Waals surface area contributed by atoms with E-state index in [1.54, 1.807) is 14.2 Å². The summed E-state index contributed by atoms with van der Waals surface area (Å²) in [6.45, 7) is 0.797. The molecule has 1 aromatic rings. The van der Waals surface area contributed by atoms with Crippen LogP contribution < -0.4 is 20.5 Å². The van der Waals surface area contributed by atoms with Crippen molar-refractivity contribution in [1.29, 1.82) is 0 Å². The fourth-order valence-electron chi connectivity index (χ4n) is 3.04. The summed E-state index contributed by atoms with van der Waals surface area (Å²) >= 11 is 0. The van der Waals surface area contributed by atoms with E-state index in [-0.39, 0.29) is 24.0 Å². The number of anilines is 1. The number of hydrogen-bond donors (Lipinski definition) is 2. The molecule has 2 rings (SSSR count). The molecule has 0 aromatic heterocycles. The summed E-state index contributed by atoms with van der Waals surface area (Å²) in [5.74, 6) is 2.55. The lowest BCUT2D eigenvalue weighted by molar-refractivity contribution is 0.386. The molecule has 6 heteroatoms. The Morgan fingerprint density at radius 1 is 1.12 bits per heavy atom. The molecule has 1 saturated carbocycles. The molecule has 0 saturated heterocycles. The second kappa shape index (κ2) is 11.4. The number of nitrogens with two attached hydrogens (primary N) is 1. The third kappa shape index (κ3) is 6.75. The monoisotopic (exact) mass is 447 g/mol. The van der Waals surface area contributed by atoms with Crippen molar-refractivity contribution in [3.05, 3.63) is 18.2 Å². The molecule has 1 aliphatic carbocycles. The lowest BCUT2D eigenvalue weighted by Gasteiger charge is -2.18. The topological polar surface area (TPSA) is 68.9 Å². The Bertz CT molecular complexity index is 515. The molecule has 1 aliphatic rings. The fourth-order valence-corrected chi connectivity index (χ4v) is 3.04. The minimum atomic E-state index is 0. The number of hydrogen-bond acceptors (Lipinski definition) is 3. The number of guanidine groups is 1. The van der Waals surface area contributed by atoms with Crippen molar-refractivity contribution in [2.45, 2.75) is 44.9 Å². The first-order valence-corrected chi connectivity index (χ1v) is 8.52. The number of halogens is 1. The van der Waals surface area contributed by atoms with E-state index in [9.17, 15) is 0 Å². The smallest absolute Gasteiger partial charge is 0.193 e. The van der Waals surface area contributed by atoms with Crippen molar-refractivity contribution in [2.24, 2.45) is 16.6 Å². The zero-order valence-electron chi connectivity index (χ0n) is 14.7. The minimum Gasteiger partial charge on any atom is -0.497 e. The van der Waals surface area contributed by atoms with Gasteiger partial charge in [-0.25, -0.2) is 0 Å². The van der Waals surface area contributed by atoms with Crippen LogP contribution in [0.1, 0.15) is 44.9 Å². The largest absolute Gasteiger partial charge is 0.497 e. The number of methoxy groups -OCH3 is 2. The van der Waals surface area contributed by atoms with Crippen LogP contribution in [0.2, 0.25) is 0 Å². The van der Waals surface area contributed by atoms with E-state index in [1.165, 1.54) is 44.9 Å². The van der Waals surface area contributed by atoms with Gasteiger partial charge >= 0.3 is 0 Å². The lowest BCUT2D eigenvalue weighted by atomic mass is 9.91. The van der Waals surface area contributed by atoms with Crippen molar-refractivity contribution < 1.29 is 9.47 Å². The average Bonchev–Trinajstić information content (AvgIpc) is 2.53. The maximum atomic E-state index is 6.05. The van der Waals surface area contributed by atoms with Crippen molar-refractivity contribution in [3.63, 3.8) is 0 Å². The first-order valence-electron chi connectivity index (χ1n) is 8.52. The highest BCUT2D eigenvalue weighted by Crippen LogP contribution is 2.28. The third-order valence-electron chi connectivity index (χ3n) is 4.41. The molecule has 3 N–H and O–H groups in total. The third-order valence-corrected chi connectivity index (χ3v) is 4.41. The van der Waals surface area contributed by atoms with Gasteiger partial charge in [-0.2, -0.15) is 0 Å². The summed E-state index contributed by atoms with van der Waals surface area (Å²) in [6, 6.07) is 5.56. The summed E-state index contributed by atoms with van der Waals surface area (Å²) in [4.78, 5) is 4.53. The van der Waals surface area contributed by atoms with Crippen LogP contribution in [0.25, 0.3) is 0 Å². The molecule has 5 nitrogen and oxygen atoms in total. The first kappa shape index (κ1) is 20.9. The van der Waals surface area contributed by atoms with Crippen LogP contribution in [0.5, 0.6) is 11.5 Å². The van der Waals surface area contributed by atoms with Gasteiger partial charge in [-0.15, -0.1) is 24.0 Å². The van der Waals surface area contributed by atoms with Gasteiger partial charge in [0.2, 0.25) is 0 Å². The molecule has 1 aromatic carbocycles. The molecule has 0 unspecified atom stereocenters. The lowest BCUT2D eigenvalue weighted by Crippen LogP contribution is -2.24. The highest BCUT2D eigenvalue weighted by molar-refractivity contribution is 14.0. The van der Waals surface area contributed by atoms with Gasteiger partial charge in [0.25, 0.3) is 0 Å². The average molecular weight is 447 g/mol. The Balaban J connectivity index is 0.00000288. The molecule has 136 valence electrons. The van der Waals surface area contributed by atoms with Gasteiger partial charge in [0, 0.05) is 12.6 Å². The maximum Gasteiger partial charge on any atom is 0.193 e. The van der Waals surface area contributed by atoms with Gasteiger partial charge in [0.1, 0.15) is 11.5 Å². The molecular formula is C18H30IN3O2. The highest BCUT2D eigenvalue weighted by Gasteiger charge is 2.11. The van der Waals surface area contributed by atoms with Crippen LogP contribution in [-0.2, 0) is 0 Å². The van der Waals surface area contributed by atoms with Gasteiger partial charge in [-0.05, 0) is 30.9 Å². The molecule has 0 atom stereocenters. The zero-order chi connectivity index (χ0) is 16.5. The SMILES string of the molecule is COc1ccc(OC)c(NC(N)=NCC2CCCCCCC2)c1.I. The minimum absolute atomic E-state index is 0. The van der Waals surface area contributed by atoms with Gasteiger partial charge in [0.05, 0.1) is 19.9 Å². The Hall–Kier alpha value is -1.18. The second-order valence-electron chi connectivity index (χ2n) is 6.13. The maximum absolute atomic E-state index is 6.05. The molecule has 0 bridgehead atoms. The Morgan fingerprint density at radius 3 is 2.42 bits per heavy atom. The number of nitrogens with one attached hydrogen (secondary N) is 1. The Labute approximate surface area is 162 Å². The van der Waals surface area contributed by atoms with E-state index in [1.807, 2.05) is 18.2 Å². The Morgan fingerprint density at radius 2 is 1.79 bits per heavy atom. The van der Waals surface area contributed by atoms with E-state index in [0.717, 1.165) is 23.7 Å². The van der Waals surface area contributed by atoms with Crippen molar-refractivity contribution in [2.75, 3.05) is 26.1 Å². The first-order chi connectivity index (χ1) is 11.2. The predicted molar refractivity (Wildman–Crippen MR) is 111 cm³/mol. The van der Waals surface area contributed by atoms with Crippen LogP contribution >= 0.6 is 24.0 Å². The molecule has 1 fully saturated rings. The number of nitrogens with zero attached hydrogens (tertiary/aromatic N) is 1. The van der Waals surface area contributed by atoms with E-state index in [4.69, 9.17) is 15.2 Å². The van der Waals surface area contributed by atoms with Crippen LogP contribution in [0.3, 0.4) is 0 Å². The summed E-state index contributed by atoms with van der Waals surface area (Å²) in [5, 5.41) is 3.13. The van der Waals surface area contributed by atoms with Crippen molar-refractivity contribution >= 4 is 35.6 Å². The fraction of sp³-hybridized carbons (Fsp3) is 0.611. The van der Waals surface area contributed by atoms with Gasteiger partial charge < -0.3 is 20.5 Å². The number of benzene rings is 1. The highest BCUT2D eigenvalue weighted by atomic mass is 127. The molecule has 0 aliphatic heterocycles. The van der Waals surface area contributed by atoms with Crippen molar-refractivity contribution in [1.82, 2.24) is 0 Å². The standard InChI is InChI=1S/C18H29N3O2.HI/c1-22-15-10-11-17(23-2)16(12-15)21-18(19)20-13-14-8-6-4-3-5-7-9-14;/h10-12,14H,3-9,13H2,1-2H3,(H3,19,20,21);1H. The van der Waals surface area contributed by atoms with Crippen LogP contribution in [0, 0.1) is 5.92 Å². The summed E-state index contributed by atoms with van der Waals surface area (Å²) < 4.78 is 10.6. The normalized spacial score (nSPS) is 16.5. The van der Waals surface area contributed by atoms with Gasteiger partial charge in [0.15, 0.2) is 5.96 Å². The summed E-state index contributed by atoms with van der Waals surface area (Å²) in [6.07, 6.45) is 9.26. The molecule has 0 radical (unpaired) electrons. The number of ether oxygens (including phenoxy) is 2. The zero-order valence-corrected chi connectivity index (χ0v) is 17.0. The molecular weight excluding hydrogens is 417 g/mol. The Kier molecular flexibility index (Phi) is 9.90.